The first kappa shape index (κ1) is 17.7. The molecular formula is C22H28NO2+. The van der Waals surface area contributed by atoms with E-state index in [4.69, 9.17) is 4.74 Å². The van der Waals surface area contributed by atoms with E-state index >= 15 is 0 Å². The van der Waals surface area contributed by atoms with Gasteiger partial charge in [-0.3, -0.25) is 4.48 Å². The topological polar surface area (TPSA) is 26.3 Å². The second-order valence-electron chi connectivity index (χ2n) is 8.13. The fourth-order valence-electron chi connectivity index (χ4n) is 3.54. The molecule has 3 rings (SSSR count). The summed E-state index contributed by atoms with van der Waals surface area (Å²) in [6, 6.07) is 21.5. The lowest BCUT2D eigenvalue weighted by Gasteiger charge is -2.24. The van der Waals surface area contributed by atoms with Gasteiger partial charge in [-0.15, -0.1) is 0 Å². The van der Waals surface area contributed by atoms with Crippen LogP contribution in [0.2, 0.25) is 0 Å². The van der Waals surface area contributed by atoms with Gasteiger partial charge in [0.1, 0.15) is 24.7 Å². The van der Waals surface area contributed by atoms with Crippen molar-refractivity contribution in [2.24, 2.45) is 0 Å². The van der Waals surface area contributed by atoms with Crippen LogP contribution in [0.15, 0.2) is 60.7 Å². The molecule has 2 aromatic carbocycles. The summed E-state index contributed by atoms with van der Waals surface area (Å²) in [5.74, 6) is -0.0982. The smallest absolute Gasteiger partial charge is 0.362 e. The number of quaternary nitrogens is 1. The Kier molecular flexibility index (Phi) is 4.96. The summed E-state index contributed by atoms with van der Waals surface area (Å²) in [6.45, 7) is 8.15. The summed E-state index contributed by atoms with van der Waals surface area (Å²) in [6.07, 6.45) is 1.01. The van der Waals surface area contributed by atoms with Gasteiger partial charge in [-0.2, -0.15) is 0 Å². The zero-order chi connectivity index (χ0) is 17.9. The van der Waals surface area contributed by atoms with Crippen molar-refractivity contribution in [1.82, 2.24) is 0 Å². The van der Waals surface area contributed by atoms with E-state index in [9.17, 15) is 4.79 Å². The molecule has 25 heavy (non-hydrogen) atoms. The molecule has 0 spiro atoms. The summed E-state index contributed by atoms with van der Waals surface area (Å²) in [7, 11) is 0. The first-order valence-corrected chi connectivity index (χ1v) is 9.02. The Morgan fingerprint density at radius 3 is 2.12 bits per heavy atom. The van der Waals surface area contributed by atoms with Crippen LogP contribution < -0.4 is 0 Å². The number of ether oxygens (including phenoxy) is 1. The van der Waals surface area contributed by atoms with Crippen molar-refractivity contribution in [2.75, 3.05) is 13.1 Å². The molecule has 1 aliphatic rings. The fraction of sp³-hybridized carbons (Fsp3) is 0.409. The van der Waals surface area contributed by atoms with Crippen LogP contribution in [0.25, 0.3) is 0 Å². The van der Waals surface area contributed by atoms with Gasteiger partial charge in [-0.1, -0.05) is 60.7 Å². The molecule has 2 atom stereocenters. The van der Waals surface area contributed by atoms with E-state index in [2.05, 4.69) is 48.5 Å². The van der Waals surface area contributed by atoms with E-state index in [1.54, 1.807) is 0 Å². The summed E-state index contributed by atoms with van der Waals surface area (Å²) in [5.41, 5.74) is 2.19. The number of hydrogen-bond acceptors (Lipinski definition) is 2. The summed E-state index contributed by atoms with van der Waals surface area (Å²) in [4.78, 5) is 12.5. The Morgan fingerprint density at radius 1 is 1.00 bits per heavy atom. The fourth-order valence-corrected chi connectivity index (χ4v) is 3.54. The molecule has 2 aromatic rings. The first-order valence-electron chi connectivity index (χ1n) is 9.02. The molecule has 1 heterocycles. The van der Waals surface area contributed by atoms with Gasteiger partial charge in [0.15, 0.2) is 6.54 Å². The SMILES string of the molecule is CC(C)(C)OC(=O)C[N+]1(Cc2ccccc2)CC1Cc1ccccc1. The van der Waals surface area contributed by atoms with Gasteiger partial charge in [0.05, 0.1) is 0 Å². The number of esters is 1. The van der Waals surface area contributed by atoms with Crippen molar-refractivity contribution in [3.63, 3.8) is 0 Å². The van der Waals surface area contributed by atoms with Crippen LogP contribution in [0.5, 0.6) is 0 Å². The van der Waals surface area contributed by atoms with Crippen molar-refractivity contribution in [3.05, 3.63) is 71.8 Å². The van der Waals surface area contributed by atoms with Crippen LogP contribution in [-0.4, -0.2) is 35.2 Å². The van der Waals surface area contributed by atoms with E-state index in [1.807, 2.05) is 32.9 Å². The third-order valence-corrected chi connectivity index (χ3v) is 4.73. The molecule has 0 N–H and O–H groups in total. The van der Waals surface area contributed by atoms with E-state index < -0.39 is 5.60 Å². The highest BCUT2D eigenvalue weighted by Gasteiger charge is 2.56. The minimum absolute atomic E-state index is 0.0982. The number of carbonyl (C=O) groups is 1. The van der Waals surface area contributed by atoms with Crippen molar-refractivity contribution >= 4 is 5.97 Å². The molecular weight excluding hydrogens is 310 g/mol. The average Bonchev–Trinajstić information content (AvgIpc) is 3.18. The Morgan fingerprint density at radius 2 is 1.56 bits per heavy atom. The van der Waals surface area contributed by atoms with Crippen molar-refractivity contribution in [2.45, 2.75) is 45.4 Å². The molecule has 1 aliphatic heterocycles. The summed E-state index contributed by atoms with van der Waals surface area (Å²) < 4.78 is 6.39. The van der Waals surface area contributed by atoms with Crippen LogP contribution in [0.4, 0.5) is 0 Å². The highest BCUT2D eigenvalue weighted by Crippen LogP contribution is 2.36. The highest BCUT2D eigenvalue weighted by molar-refractivity contribution is 5.71. The Bertz CT molecular complexity index is 706. The lowest BCUT2D eigenvalue weighted by molar-refractivity contribution is -0.820. The zero-order valence-corrected chi connectivity index (χ0v) is 15.4. The van der Waals surface area contributed by atoms with Gasteiger partial charge in [-0.25, -0.2) is 4.79 Å². The monoisotopic (exact) mass is 338 g/mol. The van der Waals surface area contributed by atoms with Crippen LogP contribution in [0.1, 0.15) is 31.9 Å². The van der Waals surface area contributed by atoms with E-state index in [1.165, 1.54) is 11.1 Å². The normalized spacial score (nSPS) is 22.4. The van der Waals surface area contributed by atoms with Gasteiger partial charge < -0.3 is 4.74 Å². The number of rotatable bonds is 6. The molecule has 1 fully saturated rings. The molecule has 0 amide bonds. The third-order valence-electron chi connectivity index (χ3n) is 4.73. The quantitative estimate of drug-likeness (QED) is 0.452. The van der Waals surface area contributed by atoms with Gasteiger partial charge in [-0.05, 0) is 26.3 Å². The van der Waals surface area contributed by atoms with Gasteiger partial charge >= 0.3 is 5.97 Å². The Balaban J connectivity index is 1.72. The lowest BCUT2D eigenvalue weighted by atomic mass is 10.1. The maximum Gasteiger partial charge on any atom is 0.362 e. The highest BCUT2D eigenvalue weighted by atomic mass is 16.6. The predicted molar refractivity (Wildman–Crippen MR) is 99.9 cm³/mol. The van der Waals surface area contributed by atoms with Gasteiger partial charge in [0.2, 0.25) is 0 Å². The van der Waals surface area contributed by atoms with Crippen LogP contribution in [0.3, 0.4) is 0 Å². The third kappa shape index (κ3) is 4.93. The molecule has 0 aromatic heterocycles. The molecule has 0 aliphatic carbocycles. The van der Waals surface area contributed by atoms with Crippen LogP contribution in [0, 0.1) is 0 Å². The molecule has 0 bridgehead atoms. The molecule has 0 saturated carbocycles. The number of benzene rings is 2. The molecule has 3 heteroatoms. The lowest BCUT2D eigenvalue weighted by Crippen LogP contribution is -2.38. The number of carbonyl (C=O) groups excluding carboxylic acids is 1. The largest absolute Gasteiger partial charge is 0.456 e. The maximum absolute atomic E-state index is 12.5. The van der Waals surface area contributed by atoms with Gasteiger partial charge in [0, 0.05) is 12.0 Å². The van der Waals surface area contributed by atoms with Crippen LogP contribution in [-0.2, 0) is 22.5 Å². The second-order valence-corrected chi connectivity index (χ2v) is 8.13. The Hall–Kier alpha value is -2.13. The molecule has 3 nitrogen and oxygen atoms in total. The molecule has 2 unspecified atom stereocenters. The van der Waals surface area contributed by atoms with Gasteiger partial charge in [0.25, 0.3) is 0 Å². The summed E-state index contributed by atoms with van der Waals surface area (Å²) >= 11 is 0. The molecule has 1 saturated heterocycles. The average molecular weight is 338 g/mol. The Labute approximate surface area is 150 Å². The van der Waals surface area contributed by atoms with Crippen molar-refractivity contribution in [1.29, 1.82) is 0 Å². The minimum atomic E-state index is -0.432. The minimum Gasteiger partial charge on any atom is -0.456 e. The number of hydrogen-bond donors (Lipinski definition) is 0. The van der Waals surface area contributed by atoms with E-state index in [0.717, 1.165) is 24.0 Å². The van der Waals surface area contributed by atoms with Crippen molar-refractivity contribution in [3.8, 4) is 0 Å². The maximum atomic E-state index is 12.5. The zero-order valence-electron chi connectivity index (χ0n) is 15.4. The van der Waals surface area contributed by atoms with E-state index in [0.29, 0.717) is 12.6 Å². The molecule has 0 radical (unpaired) electrons. The second kappa shape index (κ2) is 7.01. The standard InChI is InChI=1S/C22H28NO2/c1-22(2,3)25-21(24)17-23(15-19-12-8-5-9-13-19)16-20(23)14-18-10-6-4-7-11-18/h4-13,20H,14-17H2,1-3H3/q+1. The number of nitrogens with zero attached hydrogens (tertiary/aromatic N) is 1. The molecule has 132 valence electrons. The first-order chi connectivity index (χ1) is 11.9. The van der Waals surface area contributed by atoms with Crippen molar-refractivity contribution < 1.29 is 14.0 Å². The van der Waals surface area contributed by atoms with E-state index in [-0.39, 0.29) is 5.97 Å². The summed E-state index contributed by atoms with van der Waals surface area (Å²) in [5, 5.41) is 0. The van der Waals surface area contributed by atoms with Crippen LogP contribution >= 0.6 is 0 Å². The predicted octanol–water partition coefficient (Wildman–Crippen LogP) is 3.97.